The average molecular weight is 392 g/mol. The number of halogens is 1. The second kappa shape index (κ2) is 10.3. The summed E-state index contributed by atoms with van der Waals surface area (Å²) in [4.78, 5) is 12.2. The standard InChI is InChI=1S/C20H24ClNO3.C2H6/c1-13-6-5-7-15(12-13)18(23)17(14-8-10-16(21)11-9-14)22-19(24)25-20(2,3)4;1-2/h5-12,17-18,23H,1-4H3,(H,22,24);1-2H3/t17-,18+;/m1./s1. The van der Waals surface area contributed by atoms with E-state index in [0.29, 0.717) is 5.02 Å². The first-order valence-electron chi connectivity index (χ1n) is 9.15. The molecule has 0 radical (unpaired) electrons. The number of carbonyl (C=O) groups excluding carboxylic acids is 1. The summed E-state index contributed by atoms with van der Waals surface area (Å²) in [5, 5.41) is 14.2. The summed E-state index contributed by atoms with van der Waals surface area (Å²) in [6.45, 7) is 11.3. The van der Waals surface area contributed by atoms with Gasteiger partial charge in [-0.15, -0.1) is 0 Å². The van der Waals surface area contributed by atoms with Gasteiger partial charge in [-0.2, -0.15) is 0 Å². The lowest BCUT2D eigenvalue weighted by Crippen LogP contribution is -2.37. The molecule has 0 unspecified atom stereocenters. The minimum absolute atomic E-state index is 0.584. The van der Waals surface area contributed by atoms with Crippen LogP contribution in [0, 0.1) is 6.92 Å². The van der Waals surface area contributed by atoms with Gasteiger partial charge in [-0.05, 0) is 51.0 Å². The van der Waals surface area contributed by atoms with Gasteiger partial charge < -0.3 is 15.2 Å². The lowest BCUT2D eigenvalue weighted by atomic mass is 9.95. The van der Waals surface area contributed by atoms with Crippen LogP contribution >= 0.6 is 11.6 Å². The average Bonchev–Trinajstić information content (AvgIpc) is 2.60. The molecule has 5 heteroatoms. The molecule has 2 atom stereocenters. The molecule has 0 spiro atoms. The van der Waals surface area contributed by atoms with Gasteiger partial charge in [0.1, 0.15) is 11.7 Å². The Morgan fingerprint density at radius 1 is 1.07 bits per heavy atom. The smallest absolute Gasteiger partial charge is 0.408 e. The van der Waals surface area contributed by atoms with Gasteiger partial charge in [0.25, 0.3) is 0 Å². The van der Waals surface area contributed by atoms with E-state index in [1.54, 1.807) is 45.0 Å². The molecule has 2 N–H and O–H groups in total. The molecule has 0 heterocycles. The number of aliphatic hydroxyl groups excluding tert-OH is 1. The summed E-state index contributed by atoms with van der Waals surface area (Å²) >= 11 is 5.95. The molecule has 0 aromatic heterocycles. The Morgan fingerprint density at radius 3 is 2.19 bits per heavy atom. The Kier molecular flexibility index (Phi) is 8.80. The molecule has 0 bridgehead atoms. The predicted octanol–water partition coefficient (Wildman–Crippen LogP) is 5.97. The molecule has 2 aromatic carbocycles. The molecular formula is C22H30ClNO3. The van der Waals surface area contributed by atoms with Crippen LogP contribution in [0.1, 0.15) is 63.5 Å². The molecule has 0 fully saturated rings. The minimum atomic E-state index is -0.923. The number of nitrogens with one attached hydrogen (secondary N) is 1. The first-order valence-corrected chi connectivity index (χ1v) is 9.53. The first kappa shape index (κ1) is 23.0. The van der Waals surface area contributed by atoms with E-state index in [1.165, 1.54) is 0 Å². The second-order valence-electron chi connectivity index (χ2n) is 7.03. The summed E-state index contributed by atoms with van der Waals surface area (Å²) in [5.41, 5.74) is 1.87. The highest BCUT2D eigenvalue weighted by atomic mass is 35.5. The van der Waals surface area contributed by atoms with E-state index in [4.69, 9.17) is 16.3 Å². The minimum Gasteiger partial charge on any atom is -0.444 e. The van der Waals surface area contributed by atoms with E-state index in [9.17, 15) is 9.90 Å². The van der Waals surface area contributed by atoms with Crippen LogP contribution in [0.5, 0.6) is 0 Å². The van der Waals surface area contributed by atoms with Gasteiger partial charge in [-0.1, -0.05) is 67.4 Å². The molecule has 1 amide bonds. The third-order valence-corrected chi connectivity index (χ3v) is 3.85. The van der Waals surface area contributed by atoms with E-state index >= 15 is 0 Å². The summed E-state index contributed by atoms with van der Waals surface area (Å²) in [5.74, 6) is 0. The fourth-order valence-electron chi connectivity index (χ4n) is 2.50. The zero-order chi connectivity index (χ0) is 20.6. The highest BCUT2D eigenvalue weighted by molar-refractivity contribution is 6.30. The Hall–Kier alpha value is -2.04. The summed E-state index contributed by atoms with van der Waals surface area (Å²) in [7, 11) is 0. The zero-order valence-electron chi connectivity index (χ0n) is 16.9. The number of aliphatic hydroxyl groups is 1. The van der Waals surface area contributed by atoms with Gasteiger partial charge in [-0.3, -0.25) is 0 Å². The number of amides is 1. The molecular weight excluding hydrogens is 362 g/mol. The van der Waals surface area contributed by atoms with Gasteiger partial charge in [0, 0.05) is 5.02 Å². The number of hydrogen-bond acceptors (Lipinski definition) is 3. The van der Waals surface area contributed by atoms with Gasteiger partial charge in [0.05, 0.1) is 6.04 Å². The normalized spacial score (nSPS) is 13.0. The second-order valence-corrected chi connectivity index (χ2v) is 7.47. The SMILES string of the molecule is CC.Cc1cccc([C@H](O)[C@H](NC(=O)OC(C)(C)C)c2ccc(Cl)cc2)c1. The molecule has 4 nitrogen and oxygen atoms in total. The number of benzene rings is 2. The maximum Gasteiger partial charge on any atom is 0.408 e. The molecule has 2 rings (SSSR count). The largest absolute Gasteiger partial charge is 0.444 e. The highest BCUT2D eigenvalue weighted by Crippen LogP contribution is 2.30. The van der Waals surface area contributed by atoms with Gasteiger partial charge in [0.15, 0.2) is 0 Å². The van der Waals surface area contributed by atoms with Crippen LogP contribution in [-0.2, 0) is 4.74 Å². The van der Waals surface area contributed by atoms with Crippen LogP contribution in [0.15, 0.2) is 48.5 Å². The van der Waals surface area contributed by atoms with Crippen LogP contribution in [0.25, 0.3) is 0 Å². The Labute approximate surface area is 167 Å². The van der Waals surface area contributed by atoms with Crippen molar-refractivity contribution in [2.75, 3.05) is 0 Å². The third kappa shape index (κ3) is 7.61. The molecule has 0 aliphatic heterocycles. The summed E-state index contributed by atoms with van der Waals surface area (Å²) in [6.07, 6.45) is -1.51. The van der Waals surface area contributed by atoms with E-state index in [1.807, 2.05) is 45.0 Å². The molecule has 148 valence electrons. The molecule has 27 heavy (non-hydrogen) atoms. The molecule has 0 aliphatic rings. The lowest BCUT2D eigenvalue weighted by Gasteiger charge is -2.27. The van der Waals surface area contributed by atoms with Gasteiger partial charge in [-0.25, -0.2) is 4.79 Å². The lowest BCUT2D eigenvalue weighted by molar-refractivity contribution is 0.0419. The number of carbonyl (C=O) groups is 1. The highest BCUT2D eigenvalue weighted by Gasteiger charge is 2.27. The quantitative estimate of drug-likeness (QED) is 0.674. The van der Waals surface area contributed by atoms with Crippen molar-refractivity contribution in [3.8, 4) is 0 Å². The van der Waals surface area contributed by atoms with Crippen molar-refractivity contribution in [1.82, 2.24) is 5.32 Å². The van der Waals surface area contributed by atoms with Crippen LogP contribution in [0.3, 0.4) is 0 Å². The maximum atomic E-state index is 12.2. The number of aryl methyl sites for hydroxylation is 1. The zero-order valence-corrected chi connectivity index (χ0v) is 17.7. The van der Waals surface area contributed by atoms with Crippen LogP contribution in [0.2, 0.25) is 5.02 Å². The predicted molar refractivity (Wildman–Crippen MR) is 111 cm³/mol. The van der Waals surface area contributed by atoms with Crippen LogP contribution in [-0.4, -0.2) is 16.8 Å². The van der Waals surface area contributed by atoms with Crippen molar-refractivity contribution in [3.05, 3.63) is 70.2 Å². The maximum absolute atomic E-state index is 12.2. The molecule has 0 saturated heterocycles. The molecule has 0 saturated carbocycles. The fraction of sp³-hybridized carbons (Fsp3) is 0.409. The summed E-state index contributed by atoms with van der Waals surface area (Å²) in [6, 6.07) is 13.9. The Morgan fingerprint density at radius 2 is 1.67 bits per heavy atom. The topological polar surface area (TPSA) is 58.6 Å². The van der Waals surface area contributed by atoms with E-state index in [-0.39, 0.29) is 0 Å². The van der Waals surface area contributed by atoms with Crippen molar-refractivity contribution < 1.29 is 14.6 Å². The summed E-state index contributed by atoms with van der Waals surface area (Å²) < 4.78 is 5.34. The number of hydrogen-bond donors (Lipinski definition) is 2. The van der Waals surface area contributed by atoms with E-state index in [2.05, 4.69) is 5.32 Å². The fourth-order valence-corrected chi connectivity index (χ4v) is 2.62. The monoisotopic (exact) mass is 391 g/mol. The van der Waals surface area contributed by atoms with Crippen LogP contribution in [0.4, 0.5) is 4.79 Å². The van der Waals surface area contributed by atoms with E-state index in [0.717, 1.165) is 16.7 Å². The van der Waals surface area contributed by atoms with Crippen molar-refractivity contribution >= 4 is 17.7 Å². The molecule has 2 aromatic rings. The third-order valence-electron chi connectivity index (χ3n) is 3.60. The van der Waals surface area contributed by atoms with E-state index < -0.39 is 23.8 Å². The van der Waals surface area contributed by atoms with Crippen LogP contribution < -0.4 is 5.32 Å². The Bertz CT molecular complexity index is 723. The Balaban J connectivity index is 0.00000176. The van der Waals surface area contributed by atoms with Crippen molar-refractivity contribution in [2.24, 2.45) is 0 Å². The van der Waals surface area contributed by atoms with Crippen molar-refractivity contribution in [2.45, 2.75) is 59.3 Å². The number of alkyl carbamates (subject to hydrolysis) is 1. The first-order chi connectivity index (χ1) is 12.7. The van der Waals surface area contributed by atoms with Gasteiger partial charge in [0.2, 0.25) is 0 Å². The van der Waals surface area contributed by atoms with Gasteiger partial charge >= 0.3 is 6.09 Å². The molecule has 0 aliphatic carbocycles. The van der Waals surface area contributed by atoms with Crippen molar-refractivity contribution in [1.29, 1.82) is 0 Å². The number of rotatable bonds is 4. The number of ether oxygens (including phenoxy) is 1. The van der Waals surface area contributed by atoms with Crippen molar-refractivity contribution in [3.63, 3.8) is 0 Å².